The minimum atomic E-state index is -0.533. The molecule has 3 amide bonds. The van der Waals surface area contributed by atoms with E-state index in [0.29, 0.717) is 30.1 Å². The van der Waals surface area contributed by atoms with Crippen LogP contribution in [0, 0.1) is 0 Å². The van der Waals surface area contributed by atoms with Crippen molar-refractivity contribution in [1.82, 2.24) is 5.32 Å². The second kappa shape index (κ2) is 7.92. The Morgan fingerprint density at radius 1 is 1.14 bits per heavy atom. The second-order valence-electron chi connectivity index (χ2n) is 7.94. The van der Waals surface area contributed by atoms with Crippen molar-refractivity contribution >= 4 is 23.3 Å². The minimum absolute atomic E-state index is 0.0509. The van der Waals surface area contributed by atoms with E-state index in [-0.39, 0.29) is 17.5 Å². The maximum atomic E-state index is 12.9. The Balaban J connectivity index is 1.86. The van der Waals surface area contributed by atoms with Gasteiger partial charge < -0.3 is 20.3 Å². The number of carbonyl (C=O) groups is 2. The lowest BCUT2D eigenvalue weighted by Gasteiger charge is -2.34. The predicted octanol–water partition coefficient (Wildman–Crippen LogP) is 4.31. The summed E-state index contributed by atoms with van der Waals surface area (Å²) in [5.74, 6) is 0.543. The van der Waals surface area contributed by atoms with Crippen LogP contribution in [0.15, 0.2) is 48.5 Å². The molecule has 2 aromatic rings. The van der Waals surface area contributed by atoms with Crippen LogP contribution in [0.5, 0.6) is 5.75 Å². The zero-order valence-electron chi connectivity index (χ0n) is 16.8. The third-order valence-corrected chi connectivity index (χ3v) is 4.36. The summed E-state index contributed by atoms with van der Waals surface area (Å²) in [5, 5.41) is 5.68. The molecule has 3 rings (SSSR count). The molecule has 1 atom stereocenters. The van der Waals surface area contributed by atoms with Gasteiger partial charge in [-0.2, -0.15) is 0 Å². The highest BCUT2D eigenvalue weighted by molar-refractivity contribution is 6.00. The molecule has 2 N–H and O–H groups in total. The summed E-state index contributed by atoms with van der Waals surface area (Å²) < 4.78 is 5.92. The molecule has 0 fully saturated rings. The van der Waals surface area contributed by atoms with E-state index in [1.807, 2.05) is 64.1 Å². The molecule has 0 unspecified atom stereocenters. The summed E-state index contributed by atoms with van der Waals surface area (Å²) in [7, 11) is 0. The smallest absolute Gasteiger partial charge is 0.319 e. The fourth-order valence-corrected chi connectivity index (χ4v) is 3.10. The van der Waals surface area contributed by atoms with Gasteiger partial charge in [-0.3, -0.25) is 4.79 Å². The average molecular weight is 381 g/mol. The molecule has 2 aromatic carbocycles. The van der Waals surface area contributed by atoms with Crippen LogP contribution in [0.2, 0.25) is 0 Å². The molecule has 148 valence electrons. The number of nitrogens with one attached hydrogen (secondary N) is 2. The zero-order valence-corrected chi connectivity index (χ0v) is 16.8. The van der Waals surface area contributed by atoms with Gasteiger partial charge in [-0.15, -0.1) is 0 Å². The first-order valence-corrected chi connectivity index (χ1v) is 9.52. The topological polar surface area (TPSA) is 70.7 Å². The summed E-state index contributed by atoms with van der Waals surface area (Å²) in [5.41, 5.74) is 2.04. The van der Waals surface area contributed by atoms with Crippen LogP contribution in [-0.4, -0.2) is 23.6 Å². The Morgan fingerprint density at radius 3 is 2.50 bits per heavy atom. The highest BCUT2D eigenvalue weighted by Crippen LogP contribution is 2.37. The molecule has 1 aliphatic rings. The summed E-state index contributed by atoms with van der Waals surface area (Å²) in [6.45, 7) is 8.15. The Labute approximate surface area is 165 Å². The number of urea groups is 1. The van der Waals surface area contributed by atoms with Crippen LogP contribution in [0.25, 0.3) is 0 Å². The minimum Gasteiger partial charge on any atom is -0.478 e. The van der Waals surface area contributed by atoms with Crippen molar-refractivity contribution in [2.24, 2.45) is 0 Å². The van der Waals surface area contributed by atoms with E-state index in [0.717, 1.165) is 5.56 Å². The Bertz CT molecular complexity index is 859. The highest BCUT2D eigenvalue weighted by atomic mass is 16.5. The molecule has 28 heavy (non-hydrogen) atoms. The third kappa shape index (κ3) is 4.63. The van der Waals surface area contributed by atoms with Gasteiger partial charge in [0.25, 0.3) is 5.91 Å². The lowest BCUT2D eigenvalue weighted by Crippen LogP contribution is -2.45. The number of carbonyl (C=O) groups excluding carboxylic acids is 2. The number of nitrogens with zero attached hydrogens (tertiary/aromatic N) is 1. The van der Waals surface area contributed by atoms with Crippen molar-refractivity contribution in [2.45, 2.75) is 52.3 Å². The van der Waals surface area contributed by atoms with Crippen LogP contribution in [0.4, 0.5) is 16.2 Å². The number of fused-ring (bicyclic) bond motifs is 1. The van der Waals surface area contributed by atoms with E-state index in [2.05, 4.69) is 10.6 Å². The summed E-state index contributed by atoms with van der Waals surface area (Å²) >= 11 is 0. The number of anilines is 2. The molecule has 0 saturated heterocycles. The molecule has 0 radical (unpaired) electrons. The maximum Gasteiger partial charge on any atom is 0.319 e. The van der Waals surface area contributed by atoms with Crippen molar-refractivity contribution in [1.29, 1.82) is 0 Å². The lowest BCUT2D eigenvalue weighted by molar-refractivity contribution is -0.126. The summed E-state index contributed by atoms with van der Waals surface area (Å²) in [6, 6.07) is 14.9. The molecular formula is C22H27N3O3. The van der Waals surface area contributed by atoms with Crippen molar-refractivity contribution in [3.8, 4) is 5.75 Å². The molecule has 6 nitrogen and oxygen atoms in total. The molecule has 0 spiro atoms. The number of rotatable bonds is 4. The maximum absolute atomic E-state index is 12.9. The van der Waals surface area contributed by atoms with Crippen LogP contribution >= 0.6 is 0 Å². The van der Waals surface area contributed by atoms with Crippen molar-refractivity contribution in [2.75, 3.05) is 10.2 Å². The molecule has 0 bridgehead atoms. The molecule has 1 heterocycles. The summed E-state index contributed by atoms with van der Waals surface area (Å²) in [6.07, 6.45) is 0.0426. The highest BCUT2D eigenvalue weighted by Gasteiger charge is 2.33. The quantitative estimate of drug-likeness (QED) is 0.829. The van der Waals surface area contributed by atoms with Gasteiger partial charge in [0.1, 0.15) is 5.75 Å². The van der Waals surface area contributed by atoms with E-state index in [1.54, 1.807) is 17.0 Å². The first kappa shape index (κ1) is 19.7. The predicted molar refractivity (Wildman–Crippen MR) is 111 cm³/mol. The molecule has 0 aromatic heterocycles. The molecule has 6 heteroatoms. The van der Waals surface area contributed by atoms with E-state index < -0.39 is 6.10 Å². The van der Waals surface area contributed by atoms with E-state index in [1.165, 1.54) is 0 Å². The van der Waals surface area contributed by atoms with Gasteiger partial charge in [-0.1, -0.05) is 37.3 Å². The van der Waals surface area contributed by atoms with Crippen molar-refractivity contribution < 1.29 is 14.3 Å². The van der Waals surface area contributed by atoms with E-state index >= 15 is 0 Å². The van der Waals surface area contributed by atoms with Gasteiger partial charge in [0, 0.05) is 17.3 Å². The second-order valence-corrected chi connectivity index (χ2v) is 7.94. The Morgan fingerprint density at radius 2 is 1.86 bits per heavy atom. The van der Waals surface area contributed by atoms with Crippen LogP contribution < -0.4 is 20.3 Å². The van der Waals surface area contributed by atoms with Gasteiger partial charge in [0.05, 0.1) is 12.2 Å². The number of benzene rings is 2. The summed E-state index contributed by atoms with van der Waals surface area (Å²) in [4.78, 5) is 26.8. The fraction of sp³-hybridized carbons (Fsp3) is 0.364. The number of ether oxygens (including phenoxy) is 1. The average Bonchev–Trinajstić information content (AvgIpc) is 2.63. The third-order valence-electron chi connectivity index (χ3n) is 4.36. The largest absolute Gasteiger partial charge is 0.478 e. The van der Waals surface area contributed by atoms with Crippen molar-refractivity contribution in [3.63, 3.8) is 0 Å². The normalized spacial score (nSPS) is 16.2. The Hall–Kier alpha value is -3.02. The van der Waals surface area contributed by atoms with Gasteiger partial charge in [0.15, 0.2) is 6.10 Å². The van der Waals surface area contributed by atoms with Gasteiger partial charge in [-0.25, -0.2) is 4.79 Å². The van der Waals surface area contributed by atoms with Crippen molar-refractivity contribution in [3.05, 3.63) is 54.1 Å². The SMILES string of the molecule is CC[C@@H]1Oc2cc(NC(=O)NC(C)(C)C)ccc2N(Cc2ccccc2)C1=O. The number of hydrogen-bond acceptors (Lipinski definition) is 3. The first-order chi connectivity index (χ1) is 13.3. The molecule has 1 aliphatic heterocycles. The van der Waals surface area contributed by atoms with Crippen LogP contribution in [0.3, 0.4) is 0 Å². The van der Waals surface area contributed by atoms with Gasteiger partial charge in [0.2, 0.25) is 0 Å². The fourth-order valence-electron chi connectivity index (χ4n) is 3.10. The van der Waals surface area contributed by atoms with E-state index in [4.69, 9.17) is 4.74 Å². The monoisotopic (exact) mass is 381 g/mol. The standard InChI is InChI=1S/C22H27N3O3/c1-5-18-20(26)25(14-15-9-7-6-8-10-15)17-12-11-16(13-19(17)28-18)23-21(27)24-22(2,3)4/h6-13,18H,5,14H2,1-4H3,(H2,23,24,27)/t18-/m0/s1. The molecular weight excluding hydrogens is 354 g/mol. The van der Waals surface area contributed by atoms with E-state index in [9.17, 15) is 9.59 Å². The first-order valence-electron chi connectivity index (χ1n) is 9.52. The molecule has 0 saturated carbocycles. The lowest BCUT2D eigenvalue weighted by atomic mass is 10.1. The van der Waals surface area contributed by atoms with Crippen LogP contribution in [0.1, 0.15) is 39.7 Å². The molecule has 0 aliphatic carbocycles. The zero-order chi connectivity index (χ0) is 20.3. The number of hydrogen-bond donors (Lipinski definition) is 2. The van der Waals surface area contributed by atoms with Crippen LogP contribution in [-0.2, 0) is 11.3 Å². The van der Waals surface area contributed by atoms with Gasteiger partial charge >= 0.3 is 6.03 Å². The van der Waals surface area contributed by atoms with Gasteiger partial charge in [-0.05, 0) is 44.9 Å². The number of amides is 3. The Kier molecular flexibility index (Phi) is 5.58.